The molecule has 0 radical (unpaired) electrons. The highest BCUT2D eigenvalue weighted by atomic mass is 16.2. The Morgan fingerprint density at radius 2 is 2.00 bits per heavy atom. The zero-order valence-electron chi connectivity index (χ0n) is 13.0. The molecule has 124 valence electrons. The third kappa shape index (κ3) is 4.60. The van der Waals surface area contributed by atoms with Crippen LogP contribution in [0.2, 0.25) is 0 Å². The van der Waals surface area contributed by atoms with Crippen LogP contribution in [-0.4, -0.2) is 37.0 Å². The van der Waals surface area contributed by atoms with Crippen LogP contribution in [0.1, 0.15) is 18.9 Å². The van der Waals surface area contributed by atoms with Crippen molar-refractivity contribution in [3.05, 3.63) is 29.8 Å². The highest BCUT2D eigenvalue weighted by molar-refractivity contribution is 5.89. The van der Waals surface area contributed by atoms with Crippen molar-refractivity contribution in [2.24, 2.45) is 5.73 Å². The fourth-order valence-electron chi connectivity index (χ4n) is 2.51. The van der Waals surface area contributed by atoms with Crippen molar-refractivity contribution in [2.75, 3.05) is 18.0 Å². The van der Waals surface area contributed by atoms with Gasteiger partial charge in [0, 0.05) is 12.2 Å². The summed E-state index contributed by atoms with van der Waals surface area (Å²) in [7, 11) is 0. The van der Waals surface area contributed by atoms with Gasteiger partial charge < -0.3 is 16.0 Å². The van der Waals surface area contributed by atoms with Crippen molar-refractivity contribution in [2.45, 2.75) is 25.8 Å². The molecule has 1 aliphatic heterocycles. The third-order valence-corrected chi connectivity index (χ3v) is 3.62. The van der Waals surface area contributed by atoms with Gasteiger partial charge in [-0.25, -0.2) is 4.79 Å². The topological polar surface area (TPSA) is 117 Å². The number of urea groups is 1. The number of rotatable bonds is 4. The van der Waals surface area contributed by atoms with Gasteiger partial charge in [0.2, 0.25) is 0 Å². The monoisotopic (exact) mass is 319 g/mol. The van der Waals surface area contributed by atoms with Crippen LogP contribution >= 0.6 is 0 Å². The first-order valence-electron chi connectivity index (χ1n) is 7.45. The van der Waals surface area contributed by atoms with Crippen LogP contribution in [0, 0.1) is 0 Å². The number of anilines is 1. The quantitative estimate of drug-likeness (QED) is 0.567. The van der Waals surface area contributed by atoms with E-state index in [1.54, 1.807) is 0 Å². The van der Waals surface area contributed by atoms with E-state index < -0.39 is 18.0 Å². The molecule has 0 spiro atoms. The van der Waals surface area contributed by atoms with Gasteiger partial charge in [-0.15, -0.1) is 0 Å². The minimum absolute atomic E-state index is 0.148. The van der Waals surface area contributed by atoms with Crippen molar-refractivity contribution in [3.8, 4) is 0 Å². The molecule has 1 unspecified atom stereocenters. The number of benzene rings is 1. The SMILES string of the molecule is CC(NC(N)=O)C(=O)NNC(=O)CN1CCCc2ccccc21. The molecule has 1 aliphatic rings. The molecule has 0 aromatic heterocycles. The van der Waals surface area contributed by atoms with E-state index in [0.29, 0.717) is 0 Å². The summed E-state index contributed by atoms with van der Waals surface area (Å²) in [5, 5.41) is 2.23. The highest BCUT2D eigenvalue weighted by Gasteiger charge is 2.19. The van der Waals surface area contributed by atoms with Crippen LogP contribution < -0.4 is 26.8 Å². The van der Waals surface area contributed by atoms with E-state index in [2.05, 4.69) is 22.2 Å². The lowest BCUT2D eigenvalue weighted by Gasteiger charge is -2.30. The third-order valence-electron chi connectivity index (χ3n) is 3.62. The zero-order chi connectivity index (χ0) is 16.8. The van der Waals surface area contributed by atoms with Gasteiger partial charge in [0.05, 0.1) is 6.54 Å². The number of amides is 4. The number of para-hydroxylation sites is 1. The van der Waals surface area contributed by atoms with Crippen molar-refractivity contribution in [3.63, 3.8) is 0 Å². The van der Waals surface area contributed by atoms with Crippen LogP contribution in [0.25, 0.3) is 0 Å². The maximum atomic E-state index is 12.0. The van der Waals surface area contributed by atoms with Crippen molar-refractivity contribution in [1.82, 2.24) is 16.2 Å². The number of carbonyl (C=O) groups is 3. The van der Waals surface area contributed by atoms with Crippen LogP contribution in [0.5, 0.6) is 0 Å². The first-order valence-corrected chi connectivity index (χ1v) is 7.45. The summed E-state index contributed by atoms with van der Waals surface area (Å²) in [6, 6.07) is 6.33. The summed E-state index contributed by atoms with van der Waals surface area (Å²) in [5.41, 5.74) is 11.8. The molecule has 8 nitrogen and oxygen atoms in total. The van der Waals surface area contributed by atoms with E-state index in [1.165, 1.54) is 12.5 Å². The number of nitrogens with two attached hydrogens (primary N) is 1. The van der Waals surface area contributed by atoms with Crippen LogP contribution in [0.3, 0.4) is 0 Å². The Balaban J connectivity index is 1.84. The molecule has 0 fully saturated rings. The van der Waals surface area contributed by atoms with E-state index in [1.807, 2.05) is 23.1 Å². The van der Waals surface area contributed by atoms with Gasteiger partial charge in [0.25, 0.3) is 11.8 Å². The zero-order valence-corrected chi connectivity index (χ0v) is 13.0. The van der Waals surface area contributed by atoms with Gasteiger partial charge in [-0.1, -0.05) is 18.2 Å². The molecule has 1 heterocycles. The van der Waals surface area contributed by atoms with E-state index in [9.17, 15) is 14.4 Å². The molecule has 23 heavy (non-hydrogen) atoms. The maximum absolute atomic E-state index is 12.0. The standard InChI is InChI=1S/C15H21N5O3/c1-10(17-15(16)23)14(22)19-18-13(21)9-20-8-4-6-11-5-2-3-7-12(11)20/h2-3,5,7,10H,4,6,8-9H2,1H3,(H,18,21)(H,19,22)(H3,16,17,23). The molecule has 1 atom stereocenters. The summed E-state index contributed by atoms with van der Waals surface area (Å²) in [6.07, 6.45) is 1.98. The molecular formula is C15H21N5O3. The number of primary amides is 1. The maximum Gasteiger partial charge on any atom is 0.312 e. The van der Waals surface area contributed by atoms with E-state index in [4.69, 9.17) is 5.73 Å². The normalized spacial score (nSPS) is 14.4. The van der Waals surface area contributed by atoms with Crippen molar-refractivity contribution >= 4 is 23.5 Å². The number of hydrogen-bond acceptors (Lipinski definition) is 4. The minimum Gasteiger partial charge on any atom is -0.362 e. The van der Waals surface area contributed by atoms with Crippen molar-refractivity contribution in [1.29, 1.82) is 0 Å². The molecule has 4 amide bonds. The molecular weight excluding hydrogens is 298 g/mol. The Morgan fingerprint density at radius 1 is 1.26 bits per heavy atom. The predicted octanol–water partition coefficient (Wildman–Crippen LogP) is -0.357. The second kappa shape index (κ2) is 7.48. The number of aryl methyl sites for hydroxylation is 1. The molecule has 0 bridgehead atoms. The fourth-order valence-corrected chi connectivity index (χ4v) is 2.51. The largest absolute Gasteiger partial charge is 0.362 e. The van der Waals surface area contributed by atoms with Gasteiger partial charge in [-0.3, -0.25) is 20.4 Å². The molecule has 0 aliphatic carbocycles. The molecule has 8 heteroatoms. The second-order valence-corrected chi connectivity index (χ2v) is 5.42. The number of nitrogens with one attached hydrogen (secondary N) is 3. The second-order valence-electron chi connectivity index (χ2n) is 5.42. The number of nitrogens with zero attached hydrogens (tertiary/aromatic N) is 1. The minimum atomic E-state index is -0.830. The Kier molecular flexibility index (Phi) is 5.40. The molecule has 0 saturated heterocycles. The van der Waals surface area contributed by atoms with Gasteiger partial charge in [-0.2, -0.15) is 0 Å². The first-order chi connectivity index (χ1) is 11.0. The van der Waals surface area contributed by atoms with Crippen LogP contribution in [-0.2, 0) is 16.0 Å². The summed E-state index contributed by atoms with van der Waals surface area (Å²) in [6.45, 7) is 2.40. The number of hydrazine groups is 1. The lowest BCUT2D eigenvalue weighted by molar-refractivity contribution is -0.129. The lowest BCUT2D eigenvalue weighted by atomic mass is 10.0. The molecule has 1 aromatic rings. The smallest absolute Gasteiger partial charge is 0.312 e. The van der Waals surface area contributed by atoms with Gasteiger partial charge in [0.1, 0.15) is 6.04 Å². The summed E-state index contributed by atoms with van der Waals surface area (Å²) in [5.74, 6) is -0.877. The summed E-state index contributed by atoms with van der Waals surface area (Å²) >= 11 is 0. The fraction of sp³-hybridized carbons (Fsp3) is 0.400. The van der Waals surface area contributed by atoms with Crippen LogP contribution in [0.15, 0.2) is 24.3 Å². The predicted molar refractivity (Wildman–Crippen MR) is 85.4 cm³/mol. The Labute approximate surface area is 134 Å². The number of hydrogen-bond donors (Lipinski definition) is 4. The molecule has 0 saturated carbocycles. The average Bonchev–Trinajstić information content (AvgIpc) is 2.52. The van der Waals surface area contributed by atoms with Gasteiger partial charge in [-0.05, 0) is 31.4 Å². The van der Waals surface area contributed by atoms with Gasteiger partial charge >= 0.3 is 6.03 Å². The molecule has 1 aromatic carbocycles. The summed E-state index contributed by atoms with van der Waals surface area (Å²) < 4.78 is 0. The number of carbonyl (C=O) groups excluding carboxylic acids is 3. The highest BCUT2D eigenvalue weighted by Crippen LogP contribution is 2.25. The van der Waals surface area contributed by atoms with E-state index in [-0.39, 0.29) is 12.5 Å². The van der Waals surface area contributed by atoms with Crippen molar-refractivity contribution < 1.29 is 14.4 Å². The Hall–Kier alpha value is -2.77. The summed E-state index contributed by atoms with van der Waals surface area (Å²) in [4.78, 5) is 36.3. The Bertz CT molecular complexity index is 605. The molecule has 2 rings (SSSR count). The van der Waals surface area contributed by atoms with E-state index >= 15 is 0 Å². The average molecular weight is 319 g/mol. The van der Waals surface area contributed by atoms with Crippen LogP contribution in [0.4, 0.5) is 10.5 Å². The molecule has 5 N–H and O–H groups in total. The number of fused-ring (bicyclic) bond motifs is 1. The van der Waals surface area contributed by atoms with E-state index in [0.717, 1.165) is 25.1 Å². The first kappa shape index (κ1) is 16.6. The van der Waals surface area contributed by atoms with Gasteiger partial charge in [0.15, 0.2) is 0 Å². The lowest BCUT2D eigenvalue weighted by Crippen LogP contribution is -2.53. The Morgan fingerprint density at radius 3 is 2.74 bits per heavy atom.